The molecule has 2 rings (SSSR count). The highest BCUT2D eigenvalue weighted by molar-refractivity contribution is 7.87. The van der Waals surface area contributed by atoms with Gasteiger partial charge in [-0.2, -0.15) is 8.42 Å². The fourth-order valence-corrected chi connectivity index (χ4v) is 3.08. The van der Waals surface area contributed by atoms with Gasteiger partial charge in [0, 0.05) is 0 Å². The topological polar surface area (TPSA) is 88.1 Å². The van der Waals surface area contributed by atoms with Crippen LogP contribution in [0.15, 0.2) is 47.4 Å². The van der Waals surface area contributed by atoms with Crippen LogP contribution in [0.25, 0.3) is 0 Å². The number of rotatable bonds is 6. The summed E-state index contributed by atoms with van der Waals surface area (Å²) in [7, 11) is -2.36. The van der Waals surface area contributed by atoms with Gasteiger partial charge >= 0.3 is 22.4 Å². The van der Waals surface area contributed by atoms with E-state index in [1.54, 1.807) is 0 Å². The Morgan fingerprint density at radius 2 is 1.63 bits per heavy atom. The molecule has 146 valence electrons. The van der Waals surface area contributed by atoms with E-state index in [-0.39, 0.29) is 17.1 Å². The average Bonchev–Trinajstić information content (AvgIpc) is 2.60. The van der Waals surface area contributed by atoms with Crippen molar-refractivity contribution in [3.05, 3.63) is 48.0 Å². The molecule has 27 heavy (non-hydrogen) atoms. The number of esters is 1. The zero-order chi connectivity index (χ0) is 20.2. The summed E-state index contributed by atoms with van der Waals surface area (Å²) in [5.41, 5.74) is 0.0555. The van der Waals surface area contributed by atoms with E-state index in [9.17, 15) is 26.4 Å². The van der Waals surface area contributed by atoms with Gasteiger partial charge in [-0.3, -0.25) is 0 Å². The van der Waals surface area contributed by atoms with Gasteiger partial charge in [-0.15, -0.1) is 13.2 Å². The molecule has 0 aliphatic carbocycles. The van der Waals surface area contributed by atoms with Crippen molar-refractivity contribution >= 4 is 16.1 Å². The first-order valence-electron chi connectivity index (χ1n) is 7.13. The van der Waals surface area contributed by atoms with Crippen LogP contribution in [0.2, 0.25) is 0 Å². The van der Waals surface area contributed by atoms with Gasteiger partial charge in [0.05, 0.1) is 19.8 Å². The minimum atomic E-state index is -5.09. The average molecular weight is 406 g/mol. The first kappa shape index (κ1) is 20.4. The maximum absolute atomic E-state index is 12.5. The first-order chi connectivity index (χ1) is 12.6. The number of carbonyl (C=O) groups is 1. The zero-order valence-corrected chi connectivity index (χ0v) is 14.8. The molecule has 0 aromatic heterocycles. The van der Waals surface area contributed by atoms with Crippen LogP contribution in [-0.4, -0.2) is 35.0 Å². The Morgan fingerprint density at radius 3 is 2.22 bits per heavy atom. The third kappa shape index (κ3) is 5.03. The van der Waals surface area contributed by atoms with E-state index < -0.39 is 33.1 Å². The Kier molecular flexibility index (Phi) is 5.84. The molecule has 0 heterocycles. The number of halogens is 3. The smallest absolute Gasteiger partial charge is 0.493 e. The molecule has 0 N–H and O–H groups in total. The normalized spacial score (nSPS) is 11.6. The van der Waals surface area contributed by atoms with E-state index in [1.165, 1.54) is 25.3 Å². The highest BCUT2D eigenvalue weighted by Gasteiger charge is 2.34. The van der Waals surface area contributed by atoms with Crippen LogP contribution >= 0.6 is 0 Å². The Hall–Kier alpha value is -2.95. The van der Waals surface area contributed by atoms with Crippen molar-refractivity contribution in [1.29, 1.82) is 0 Å². The molecule has 0 saturated carbocycles. The molecule has 2 aromatic carbocycles. The fraction of sp³-hybridized carbons (Fsp3) is 0.188. The molecule has 0 amide bonds. The summed E-state index contributed by atoms with van der Waals surface area (Å²) in [5.74, 6) is -2.13. The number of carbonyl (C=O) groups excluding carboxylic acids is 1. The zero-order valence-electron chi connectivity index (χ0n) is 13.9. The number of ether oxygens (including phenoxy) is 3. The second-order valence-corrected chi connectivity index (χ2v) is 6.40. The molecule has 0 aliphatic rings. The Balaban J connectivity index is 2.41. The lowest BCUT2D eigenvalue weighted by atomic mass is 10.2. The molecule has 0 aliphatic heterocycles. The molecule has 0 radical (unpaired) electrons. The Bertz CT molecular complexity index is 939. The SMILES string of the molecule is COC(=O)c1ccc(OS(=O)(=O)c2ccccc2OC(F)(F)F)c(OC)c1. The molecule has 0 saturated heterocycles. The maximum Gasteiger partial charge on any atom is 0.573 e. The van der Waals surface area contributed by atoms with Crippen molar-refractivity contribution in [2.45, 2.75) is 11.3 Å². The third-order valence-electron chi connectivity index (χ3n) is 3.13. The van der Waals surface area contributed by atoms with Crippen LogP contribution in [0.4, 0.5) is 13.2 Å². The number of para-hydroxylation sites is 1. The Labute approximate surface area is 152 Å². The van der Waals surface area contributed by atoms with Gasteiger partial charge in [0.15, 0.2) is 17.2 Å². The van der Waals surface area contributed by atoms with Crippen molar-refractivity contribution < 1.29 is 44.8 Å². The number of hydrogen-bond donors (Lipinski definition) is 0. The van der Waals surface area contributed by atoms with Crippen LogP contribution in [0, 0.1) is 0 Å². The third-order valence-corrected chi connectivity index (χ3v) is 4.40. The molecular weight excluding hydrogens is 393 g/mol. The van der Waals surface area contributed by atoms with Gasteiger partial charge in [0.25, 0.3) is 0 Å². The van der Waals surface area contributed by atoms with Crippen molar-refractivity contribution in [3.8, 4) is 17.2 Å². The van der Waals surface area contributed by atoms with Crippen LogP contribution in [0.5, 0.6) is 17.2 Å². The van der Waals surface area contributed by atoms with Gasteiger partial charge < -0.3 is 18.4 Å². The molecule has 0 spiro atoms. The fourth-order valence-electron chi connectivity index (χ4n) is 2.01. The highest BCUT2D eigenvalue weighted by atomic mass is 32.2. The van der Waals surface area contributed by atoms with Crippen molar-refractivity contribution in [1.82, 2.24) is 0 Å². The van der Waals surface area contributed by atoms with Crippen molar-refractivity contribution in [2.24, 2.45) is 0 Å². The molecule has 11 heteroatoms. The maximum atomic E-state index is 12.5. The number of hydrogen-bond acceptors (Lipinski definition) is 7. The Morgan fingerprint density at radius 1 is 0.963 bits per heavy atom. The van der Waals surface area contributed by atoms with E-state index in [0.717, 1.165) is 31.4 Å². The quantitative estimate of drug-likeness (QED) is 0.538. The van der Waals surface area contributed by atoms with Crippen LogP contribution < -0.4 is 13.7 Å². The minimum absolute atomic E-state index is 0.0555. The van der Waals surface area contributed by atoms with Crippen molar-refractivity contribution in [3.63, 3.8) is 0 Å². The number of alkyl halides is 3. The lowest BCUT2D eigenvalue weighted by Gasteiger charge is -2.15. The standard InChI is InChI=1S/C16H13F3O7S/c1-23-13-9-10(15(20)24-2)7-8-11(13)26-27(21,22)14-6-4-3-5-12(14)25-16(17,18)19/h3-9H,1-2H3. The second kappa shape index (κ2) is 7.74. The van der Waals surface area contributed by atoms with E-state index >= 15 is 0 Å². The lowest BCUT2D eigenvalue weighted by molar-refractivity contribution is -0.275. The van der Waals surface area contributed by atoms with Gasteiger partial charge in [0.2, 0.25) is 0 Å². The molecular formula is C16H13F3O7S. The molecule has 0 atom stereocenters. The number of benzene rings is 2. The van der Waals surface area contributed by atoms with Crippen LogP contribution in [-0.2, 0) is 14.9 Å². The summed E-state index contributed by atoms with van der Waals surface area (Å²) in [4.78, 5) is 10.7. The van der Waals surface area contributed by atoms with Gasteiger partial charge in [-0.25, -0.2) is 4.79 Å². The summed E-state index contributed by atoms with van der Waals surface area (Å²) < 4.78 is 80.4. The van der Waals surface area contributed by atoms with Crippen LogP contribution in [0.3, 0.4) is 0 Å². The summed E-state index contributed by atoms with van der Waals surface area (Å²) in [6, 6.07) is 7.58. The predicted molar refractivity (Wildman–Crippen MR) is 85.3 cm³/mol. The lowest BCUT2D eigenvalue weighted by Crippen LogP contribution is -2.20. The predicted octanol–water partition coefficient (Wildman–Crippen LogP) is 3.15. The second-order valence-electron chi connectivity index (χ2n) is 4.89. The largest absolute Gasteiger partial charge is 0.573 e. The van der Waals surface area contributed by atoms with Gasteiger partial charge in [0.1, 0.15) is 4.90 Å². The summed E-state index contributed by atoms with van der Waals surface area (Å²) >= 11 is 0. The number of methoxy groups -OCH3 is 2. The van der Waals surface area contributed by atoms with E-state index in [2.05, 4.69) is 9.47 Å². The van der Waals surface area contributed by atoms with Crippen molar-refractivity contribution in [2.75, 3.05) is 14.2 Å². The monoisotopic (exact) mass is 406 g/mol. The van der Waals surface area contributed by atoms with Gasteiger partial charge in [-0.05, 0) is 30.3 Å². The van der Waals surface area contributed by atoms with Crippen LogP contribution in [0.1, 0.15) is 10.4 Å². The van der Waals surface area contributed by atoms with Gasteiger partial charge in [-0.1, -0.05) is 12.1 Å². The van der Waals surface area contributed by atoms with E-state index in [4.69, 9.17) is 8.92 Å². The summed E-state index contributed by atoms with van der Waals surface area (Å²) in [6.07, 6.45) is -5.09. The highest BCUT2D eigenvalue weighted by Crippen LogP contribution is 2.34. The molecule has 7 nitrogen and oxygen atoms in total. The molecule has 0 bridgehead atoms. The molecule has 0 unspecified atom stereocenters. The molecule has 0 fully saturated rings. The summed E-state index contributed by atoms with van der Waals surface area (Å²) in [5, 5.41) is 0. The summed E-state index contributed by atoms with van der Waals surface area (Å²) in [6.45, 7) is 0. The van der Waals surface area contributed by atoms with E-state index in [0.29, 0.717) is 0 Å². The first-order valence-corrected chi connectivity index (χ1v) is 8.54. The van der Waals surface area contributed by atoms with E-state index in [1.807, 2.05) is 0 Å². The minimum Gasteiger partial charge on any atom is -0.493 e. The molecule has 2 aromatic rings.